The first-order chi connectivity index (χ1) is 9.10. The number of nitrogens with zero attached hydrogens (tertiary/aromatic N) is 3. The van der Waals surface area contributed by atoms with Crippen LogP contribution in [0.3, 0.4) is 0 Å². The van der Waals surface area contributed by atoms with Crippen molar-refractivity contribution in [1.29, 1.82) is 0 Å². The van der Waals surface area contributed by atoms with Crippen molar-refractivity contribution in [2.75, 3.05) is 31.8 Å². The minimum atomic E-state index is 0.705. The summed E-state index contributed by atoms with van der Waals surface area (Å²) in [5.74, 6) is 1.59. The normalized spacial score (nSPS) is 10.5. The van der Waals surface area contributed by atoms with Crippen LogP contribution in [0.15, 0.2) is 22.5 Å². The largest absolute Gasteiger partial charge is 0.496 e. The first-order valence-corrected chi connectivity index (χ1v) is 7.46. The molecule has 5 nitrogen and oxygen atoms in total. The van der Waals surface area contributed by atoms with Crippen molar-refractivity contribution < 1.29 is 4.74 Å². The Balaban J connectivity index is 2.05. The maximum Gasteiger partial charge on any atom is 0.208 e. The van der Waals surface area contributed by atoms with E-state index in [4.69, 9.17) is 10.5 Å². The highest BCUT2D eigenvalue weighted by Crippen LogP contribution is 2.32. The molecule has 7 heteroatoms. The summed E-state index contributed by atoms with van der Waals surface area (Å²) in [6, 6.07) is 5.69. The summed E-state index contributed by atoms with van der Waals surface area (Å²) in [5.41, 5.74) is 7.54. The fourth-order valence-corrected chi connectivity index (χ4v) is 3.22. The molecule has 19 heavy (non-hydrogen) atoms. The number of rotatable bonds is 5. The van der Waals surface area contributed by atoms with Gasteiger partial charge in [0.2, 0.25) is 5.13 Å². The number of thioether (sulfide) groups is 1. The molecule has 102 valence electrons. The van der Waals surface area contributed by atoms with Crippen LogP contribution in [0, 0.1) is 0 Å². The second kappa shape index (κ2) is 6.12. The number of methoxy groups -OCH3 is 1. The van der Waals surface area contributed by atoms with Gasteiger partial charge in [-0.15, -0.1) is 10.2 Å². The summed E-state index contributed by atoms with van der Waals surface area (Å²) in [4.78, 5) is 1.95. The lowest BCUT2D eigenvalue weighted by Gasteiger charge is -2.08. The molecule has 0 aliphatic heterocycles. The molecule has 0 aliphatic rings. The first kappa shape index (κ1) is 14.0. The van der Waals surface area contributed by atoms with E-state index in [0.717, 1.165) is 26.5 Å². The molecular weight excluding hydrogens is 280 g/mol. The average Bonchev–Trinajstić information content (AvgIpc) is 2.86. The third-order valence-corrected chi connectivity index (χ3v) is 4.71. The van der Waals surface area contributed by atoms with E-state index in [1.807, 2.05) is 37.2 Å². The molecule has 0 saturated carbocycles. The smallest absolute Gasteiger partial charge is 0.208 e. The van der Waals surface area contributed by atoms with Crippen molar-refractivity contribution in [2.24, 2.45) is 0 Å². The Morgan fingerprint density at radius 1 is 1.37 bits per heavy atom. The minimum absolute atomic E-state index is 0.705. The SMILES string of the molecule is COc1cc(N)ccc1CSc1nnc(N(C)C)s1. The molecule has 0 bridgehead atoms. The number of aromatic nitrogens is 2. The van der Waals surface area contributed by atoms with Crippen LogP contribution in [0.1, 0.15) is 5.56 Å². The second-order valence-electron chi connectivity index (χ2n) is 4.10. The summed E-state index contributed by atoms with van der Waals surface area (Å²) in [6.07, 6.45) is 0. The van der Waals surface area contributed by atoms with Gasteiger partial charge in [-0.3, -0.25) is 0 Å². The maximum atomic E-state index is 5.73. The number of nitrogens with two attached hydrogens (primary N) is 1. The van der Waals surface area contributed by atoms with Crippen molar-refractivity contribution >= 4 is 33.9 Å². The van der Waals surface area contributed by atoms with Gasteiger partial charge in [-0.05, 0) is 6.07 Å². The van der Waals surface area contributed by atoms with E-state index in [1.165, 1.54) is 0 Å². The fraction of sp³-hybridized carbons (Fsp3) is 0.333. The van der Waals surface area contributed by atoms with Crippen molar-refractivity contribution in [2.45, 2.75) is 10.1 Å². The van der Waals surface area contributed by atoms with Crippen LogP contribution in [0.25, 0.3) is 0 Å². The number of hydrogen-bond acceptors (Lipinski definition) is 7. The monoisotopic (exact) mass is 296 g/mol. The quantitative estimate of drug-likeness (QED) is 0.675. The van der Waals surface area contributed by atoms with E-state index < -0.39 is 0 Å². The van der Waals surface area contributed by atoms with Gasteiger partial charge in [0.05, 0.1) is 7.11 Å². The maximum absolute atomic E-state index is 5.73. The molecule has 2 rings (SSSR count). The minimum Gasteiger partial charge on any atom is -0.496 e. The average molecular weight is 296 g/mol. The highest BCUT2D eigenvalue weighted by molar-refractivity contribution is 8.00. The summed E-state index contributed by atoms with van der Waals surface area (Å²) < 4.78 is 6.27. The van der Waals surface area contributed by atoms with Crippen molar-refractivity contribution in [3.8, 4) is 5.75 Å². The van der Waals surface area contributed by atoms with Crippen molar-refractivity contribution in [1.82, 2.24) is 10.2 Å². The zero-order chi connectivity index (χ0) is 13.8. The Labute approximate surface area is 120 Å². The van der Waals surface area contributed by atoms with Crippen molar-refractivity contribution in [3.63, 3.8) is 0 Å². The third-order valence-electron chi connectivity index (χ3n) is 2.44. The Morgan fingerprint density at radius 2 is 2.16 bits per heavy atom. The fourth-order valence-electron chi connectivity index (χ4n) is 1.46. The van der Waals surface area contributed by atoms with Gasteiger partial charge in [-0.2, -0.15) is 0 Å². The van der Waals surface area contributed by atoms with Gasteiger partial charge in [0, 0.05) is 37.2 Å². The zero-order valence-corrected chi connectivity index (χ0v) is 12.7. The van der Waals surface area contributed by atoms with Crippen LogP contribution in [0.5, 0.6) is 5.75 Å². The van der Waals surface area contributed by atoms with Crippen LogP contribution in [0.4, 0.5) is 10.8 Å². The summed E-state index contributed by atoms with van der Waals surface area (Å²) in [6.45, 7) is 0. The Hall–Kier alpha value is -1.47. The third kappa shape index (κ3) is 3.51. The van der Waals surface area contributed by atoms with Crippen LogP contribution < -0.4 is 15.4 Å². The van der Waals surface area contributed by atoms with Crippen LogP contribution in [-0.2, 0) is 5.75 Å². The van der Waals surface area contributed by atoms with E-state index in [1.54, 1.807) is 30.2 Å². The lowest BCUT2D eigenvalue weighted by atomic mass is 10.2. The molecule has 0 radical (unpaired) electrons. The van der Waals surface area contributed by atoms with Gasteiger partial charge in [0.1, 0.15) is 5.75 Å². The standard InChI is InChI=1S/C12H16N4OS2/c1-16(2)11-14-15-12(19-11)18-7-8-4-5-9(13)6-10(8)17-3/h4-6H,7,13H2,1-3H3. The predicted octanol–water partition coefficient (Wildman–Crippen LogP) is 2.49. The number of ether oxygens (including phenoxy) is 1. The van der Waals surface area contributed by atoms with Crippen LogP contribution >= 0.6 is 23.1 Å². The molecule has 0 saturated heterocycles. The topological polar surface area (TPSA) is 64.3 Å². The van der Waals surface area contributed by atoms with Gasteiger partial charge >= 0.3 is 0 Å². The molecular formula is C12H16N4OS2. The van der Waals surface area contributed by atoms with Gasteiger partial charge < -0.3 is 15.4 Å². The van der Waals surface area contributed by atoms with Gasteiger partial charge in [-0.1, -0.05) is 29.2 Å². The second-order valence-corrected chi connectivity index (χ2v) is 6.28. The number of nitrogen functional groups attached to an aromatic ring is 1. The van der Waals surface area contributed by atoms with E-state index in [9.17, 15) is 0 Å². The molecule has 0 fully saturated rings. The predicted molar refractivity (Wildman–Crippen MR) is 81.2 cm³/mol. The van der Waals surface area contributed by atoms with E-state index >= 15 is 0 Å². The molecule has 2 aromatic rings. The molecule has 0 aliphatic carbocycles. The lowest BCUT2D eigenvalue weighted by molar-refractivity contribution is 0.411. The Kier molecular flexibility index (Phi) is 4.49. The molecule has 0 spiro atoms. The molecule has 0 unspecified atom stereocenters. The highest BCUT2D eigenvalue weighted by atomic mass is 32.2. The number of benzene rings is 1. The molecule has 1 aromatic carbocycles. The molecule has 1 aromatic heterocycles. The molecule has 0 amide bonds. The number of anilines is 2. The van der Waals surface area contributed by atoms with E-state index in [2.05, 4.69) is 10.2 Å². The Morgan fingerprint density at radius 3 is 2.79 bits per heavy atom. The van der Waals surface area contributed by atoms with E-state index in [0.29, 0.717) is 5.69 Å². The van der Waals surface area contributed by atoms with Crippen LogP contribution in [-0.4, -0.2) is 31.4 Å². The van der Waals surface area contributed by atoms with Crippen molar-refractivity contribution in [3.05, 3.63) is 23.8 Å². The van der Waals surface area contributed by atoms with Gasteiger partial charge in [-0.25, -0.2) is 0 Å². The summed E-state index contributed by atoms with van der Waals surface area (Å²) >= 11 is 3.22. The zero-order valence-electron chi connectivity index (χ0n) is 11.1. The Bertz CT molecular complexity index is 556. The molecule has 1 heterocycles. The number of hydrogen-bond donors (Lipinski definition) is 1. The lowest BCUT2D eigenvalue weighted by Crippen LogP contribution is -2.07. The van der Waals surface area contributed by atoms with E-state index in [-0.39, 0.29) is 0 Å². The summed E-state index contributed by atoms with van der Waals surface area (Å²) in [7, 11) is 5.56. The van der Waals surface area contributed by atoms with Crippen LogP contribution in [0.2, 0.25) is 0 Å². The summed E-state index contributed by atoms with van der Waals surface area (Å²) in [5, 5.41) is 9.17. The van der Waals surface area contributed by atoms with Gasteiger partial charge in [0.15, 0.2) is 4.34 Å². The molecule has 0 atom stereocenters. The van der Waals surface area contributed by atoms with Gasteiger partial charge in [0.25, 0.3) is 0 Å². The molecule has 2 N–H and O–H groups in total. The highest BCUT2D eigenvalue weighted by Gasteiger charge is 2.09. The first-order valence-electron chi connectivity index (χ1n) is 5.66.